The van der Waals surface area contributed by atoms with Crippen molar-refractivity contribution in [3.63, 3.8) is 0 Å². The van der Waals surface area contributed by atoms with Crippen LogP contribution in [0.25, 0.3) is 0 Å². The second-order valence-corrected chi connectivity index (χ2v) is 6.52. The molecule has 0 bridgehead atoms. The van der Waals surface area contributed by atoms with Crippen molar-refractivity contribution < 1.29 is 14.4 Å². The van der Waals surface area contributed by atoms with Crippen LogP contribution >= 0.6 is 24.0 Å². The Balaban J connectivity index is 0.00000450. The number of carbonyl (C=O) groups is 1. The number of hydrogen-bond acceptors (Lipinski definition) is 5. The van der Waals surface area contributed by atoms with Gasteiger partial charge in [0.2, 0.25) is 0 Å². The van der Waals surface area contributed by atoms with Gasteiger partial charge in [-0.25, -0.2) is 4.99 Å². The number of phenolic OH excluding ortho intramolecular Hbond substituents is 1. The van der Waals surface area contributed by atoms with Gasteiger partial charge >= 0.3 is 0 Å². The predicted molar refractivity (Wildman–Crippen MR) is 129 cm³/mol. The lowest BCUT2D eigenvalue weighted by molar-refractivity contribution is 0.0953. The van der Waals surface area contributed by atoms with E-state index < -0.39 is 0 Å². The van der Waals surface area contributed by atoms with Crippen molar-refractivity contribution in [1.82, 2.24) is 21.1 Å². The third kappa shape index (κ3) is 7.85. The van der Waals surface area contributed by atoms with E-state index in [1.54, 1.807) is 12.1 Å². The number of amides is 1. The van der Waals surface area contributed by atoms with Crippen LogP contribution in [0.1, 0.15) is 54.6 Å². The fourth-order valence-corrected chi connectivity index (χ4v) is 2.86. The third-order valence-electron chi connectivity index (χ3n) is 4.39. The largest absolute Gasteiger partial charge is 0.508 e. The average molecular weight is 529 g/mol. The zero-order chi connectivity index (χ0) is 21.1. The molecule has 0 spiro atoms. The minimum atomic E-state index is -0.201. The van der Waals surface area contributed by atoms with Crippen LogP contribution < -0.4 is 16.0 Å². The van der Waals surface area contributed by atoms with Crippen LogP contribution in [0, 0.1) is 0 Å². The van der Waals surface area contributed by atoms with Gasteiger partial charge in [0.1, 0.15) is 11.5 Å². The van der Waals surface area contributed by atoms with Crippen LogP contribution in [-0.2, 0) is 19.4 Å². The molecule has 1 heterocycles. The Bertz CT molecular complexity index is 801. The van der Waals surface area contributed by atoms with Gasteiger partial charge in [0.05, 0.1) is 12.2 Å². The number of halogens is 1. The number of aliphatic imine (C=N–C) groups is 1. The number of hydrogen-bond donors (Lipinski definition) is 4. The van der Waals surface area contributed by atoms with Crippen molar-refractivity contribution in [2.24, 2.45) is 4.99 Å². The molecule has 30 heavy (non-hydrogen) atoms. The van der Waals surface area contributed by atoms with Gasteiger partial charge in [-0.1, -0.05) is 25.1 Å². The summed E-state index contributed by atoms with van der Waals surface area (Å²) in [6, 6.07) is 6.30. The molecule has 0 saturated carbocycles. The second kappa shape index (κ2) is 13.8. The Morgan fingerprint density at radius 2 is 1.90 bits per heavy atom. The minimum absolute atomic E-state index is 0. The first-order chi connectivity index (χ1) is 14.1. The lowest BCUT2D eigenvalue weighted by Crippen LogP contribution is -2.38. The van der Waals surface area contributed by atoms with Gasteiger partial charge in [-0.2, -0.15) is 0 Å². The number of aryl methyl sites for hydroxylation is 2. The fraction of sp³-hybridized carbons (Fsp3) is 0.476. The molecule has 1 aromatic carbocycles. The Hall–Kier alpha value is -2.30. The van der Waals surface area contributed by atoms with Crippen molar-refractivity contribution in [2.75, 3.05) is 19.6 Å². The van der Waals surface area contributed by atoms with Gasteiger partial charge in [0.15, 0.2) is 5.96 Å². The van der Waals surface area contributed by atoms with Gasteiger partial charge in [0, 0.05) is 37.2 Å². The van der Waals surface area contributed by atoms with Crippen LogP contribution in [0.2, 0.25) is 0 Å². The van der Waals surface area contributed by atoms with E-state index in [2.05, 4.69) is 33.0 Å². The second-order valence-electron chi connectivity index (χ2n) is 6.52. The van der Waals surface area contributed by atoms with Crippen LogP contribution in [0.5, 0.6) is 5.75 Å². The molecule has 1 amide bonds. The maximum Gasteiger partial charge on any atom is 0.251 e. The molecular weight excluding hydrogens is 497 g/mol. The maximum atomic E-state index is 12.1. The summed E-state index contributed by atoms with van der Waals surface area (Å²) in [6.07, 6.45) is 2.35. The first-order valence-electron chi connectivity index (χ1n) is 10.1. The van der Waals surface area contributed by atoms with Crippen LogP contribution in [0.3, 0.4) is 0 Å². The van der Waals surface area contributed by atoms with E-state index in [0.29, 0.717) is 25.2 Å². The van der Waals surface area contributed by atoms with E-state index in [1.165, 1.54) is 12.1 Å². The summed E-state index contributed by atoms with van der Waals surface area (Å²) in [5, 5.41) is 22.9. The van der Waals surface area contributed by atoms with E-state index >= 15 is 0 Å². The Kier molecular flexibility index (Phi) is 11.9. The van der Waals surface area contributed by atoms with E-state index in [9.17, 15) is 9.90 Å². The topological polar surface area (TPSA) is 112 Å². The molecule has 8 nitrogen and oxygen atoms in total. The highest BCUT2D eigenvalue weighted by Crippen LogP contribution is 2.16. The molecule has 0 atom stereocenters. The van der Waals surface area contributed by atoms with Gasteiger partial charge in [-0.15, -0.1) is 24.0 Å². The lowest BCUT2D eigenvalue weighted by Gasteiger charge is -2.12. The smallest absolute Gasteiger partial charge is 0.251 e. The highest BCUT2D eigenvalue weighted by molar-refractivity contribution is 14.0. The number of nitrogens with one attached hydrogen (secondary N) is 3. The number of phenols is 1. The van der Waals surface area contributed by atoms with Crippen molar-refractivity contribution in [3.05, 3.63) is 46.8 Å². The molecule has 0 radical (unpaired) electrons. The lowest BCUT2D eigenvalue weighted by atomic mass is 10.1. The standard InChI is InChI=1S/C21H31N5O3.HI/c1-4-18-17(19(5-2)29-26-18)14-25-21(22-6-3)24-12-8-11-23-20(28)15-9-7-10-16(27)13-15;/h7,9-10,13,27H,4-6,8,11-12,14H2,1-3H3,(H,23,28)(H2,22,24,25);1H. The SMILES string of the molecule is CCNC(=NCc1c(CC)noc1CC)NCCCNC(=O)c1cccc(O)c1.I. The molecule has 2 aromatic rings. The number of aromatic nitrogens is 1. The third-order valence-corrected chi connectivity index (χ3v) is 4.39. The Morgan fingerprint density at radius 3 is 2.57 bits per heavy atom. The number of nitrogens with zero attached hydrogens (tertiary/aromatic N) is 2. The number of aromatic hydroxyl groups is 1. The number of rotatable bonds is 10. The van der Waals surface area contributed by atoms with Crippen molar-refractivity contribution in [3.8, 4) is 5.75 Å². The van der Waals surface area contributed by atoms with Crippen LogP contribution in [-0.4, -0.2) is 41.8 Å². The summed E-state index contributed by atoms with van der Waals surface area (Å²) >= 11 is 0. The molecule has 0 fully saturated rings. The Morgan fingerprint density at radius 1 is 1.13 bits per heavy atom. The van der Waals surface area contributed by atoms with Crippen LogP contribution in [0.4, 0.5) is 0 Å². The van der Waals surface area contributed by atoms with E-state index in [4.69, 9.17) is 4.52 Å². The maximum absolute atomic E-state index is 12.1. The quantitative estimate of drug-likeness (QED) is 0.163. The molecule has 0 unspecified atom stereocenters. The fourth-order valence-electron chi connectivity index (χ4n) is 2.86. The summed E-state index contributed by atoms with van der Waals surface area (Å²) < 4.78 is 5.39. The monoisotopic (exact) mass is 529 g/mol. The zero-order valence-electron chi connectivity index (χ0n) is 17.8. The number of guanidine groups is 1. The van der Waals surface area contributed by atoms with Gasteiger partial charge in [-0.05, 0) is 38.0 Å². The molecule has 166 valence electrons. The van der Waals surface area contributed by atoms with Gasteiger partial charge in [-0.3, -0.25) is 4.79 Å². The molecule has 2 rings (SSSR count). The molecule has 1 aromatic heterocycles. The van der Waals surface area contributed by atoms with Gasteiger partial charge < -0.3 is 25.6 Å². The Labute approximate surface area is 194 Å². The van der Waals surface area contributed by atoms with Crippen molar-refractivity contribution in [1.29, 1.82) is 0 Å². The highest BCUT2D eigenvalue weighted by Gasteiger charge is 2.13. The van der Waals surface area contributed by atoms with E-state index in [-0.39, 0.29) is 35.6 Å². The predicted octanol–water partition coefficient (Wildman–Crippen LogP) is 3.00. The van der Waals surface area contributed by atoms with Crippen molar-refractivity contribution in [2.45, 2.75) is 46.6 Å². The molecule has 0 aliphatic heterocycles. The highest BCUT2D eigenvalue weighted by atomic mass is 127. The number of carbonyl (C=O) groups excluding carboxylic acids is 1. The first kappa shape index (κ1) is 25.7. The molecule has 0 aliphatic rings. The minimum Gasteiger partial charge on any atom is -0.508 e. The first-order valence-corrected chi connectivity index (χ1v) is 10.1. The zero-order valence-corrected chi connectivity index (χ0v) is 20.2. The molecule has 0 aliphatic carbocycles. The summed E-state index contributed by atoms with van der Waals surface area (Å²) in [5.41, 5.74) is 2.46. The number of benzene rings is 1. The summed E-state index contributed by atoms with van der Waals surface area (Å²) in [4.78, 5) is 16.7. The van der Waals surface area contributed by atoms with E-state index in [0.717, 1.165) is 48.8 Å². The normalized spacial score (nSPS) is 11.0. The average Bonchev–Trinajstić information content (AvgIpc) is 3.13. The molecule has 4 N–H and O–H groups in total. The molecular formula is C21H32IN5O3. The van der Waals surface area contributed by atoms with Crippen molar-refractivity contribution >= 4 is 35.8 Å². The molecule has 9 heteroatoms. The summed E-state index contributed by atoms with van der Waals surface area (Å²) in [5.74, 6) is 1.48. The van der Waals surface area contributed by atoms with E-state index in [1.807, 2.05) is 13.8 Å². The molecule has 0 saturated heterocycles. The van der Waals surface area contributed by atoms with Crippen LogP contribution in [0.15, 0.2) is 33.8 Å². The van der Waals surface area contributed by atoms with Gasteiger partial charge in [0.25, 0.3) is 5.91 Å². The summed E-state index contributed by atoms with van der Waals surface area (Å²) in [7, 11) is 0. The summed E-state index contributed by atoms with van der Waals surface area (Å²) in [6.45, 7) is 8.57.